The summed E-state index contributed by atoms with van der Waals surface area (Å²) in [6.07, 6.45) is 0.294. The summed E-state index contributed by atoms with van der Waals surface area (Å²) in [5, 5.41) is 4.70. The Morgan fingerprint density at radius 3 is 2.70 bits per heavy atom. The Kier molecular flexibility index (Phi) is 4.39. The van der Waals surface area contributed by atoms with Crippen LogP contribution in [0.2, 0.25) is 0 Å². The molecule has 1 N–H and O–H groups in total. The van der Waals surface area contributed by atoms with E-state index in [2.05, 4.69) is 5.32 Å². The van der Waals surface area contributed by atoms with Crippen LogP contribution in [0, 0.1) is 13.8 Å². The summed E-state index contributed by atoms with van der Waals surface area (Å²) >= 11 is 1.42. The van der Waals surface area contributed by atoms with Crippen LogP contribution in [-0.4, -0.2) is 17.7 Å². The second kappa shape index (κ2) is 6.05. The minimum absolute atomic E-state index is 0.0490. The van der Waals surface area contributed by atoms with Gasteiger partial charge in [-0.2, -0.15) is 0 Å². The van der Waals surface area contributed by atoms with E-state index < -0.39 is 0 Å². The van der Waals surface area contributed by atoms with Gasteiger partial charge < -0.3 is 9.73 Å². The normalized spacial score (nSPS) is 12.2. The summed E-state index contributed by atoms with van der Waals surface area (Å²) in [4.78, 5) is 24.7. The lowest BCUT2D eigenvalue weighted by atomic mass is 10.1. The van der Waals surface area contributed by atoms with Crippen LogP contribution in [-0.2, 0) is 0 Å². The first-order valence-electron chi connectivity index (χ1n) is 6.42. The van der Waals surface area contributed by atoms with Crippen molar-refractivity contribution in [2.75, 3.05) is 0 Å². The van der Waals surface area contributed by atoms with Crippen molar-refractivity contribution in [2.24, 2.45) is 0 Å². The van der Waals surface area contributed by atoms with Crippen molar-refractivity contribution in [3.63, 3.8) is 0 Å². The van der Waals surface area contributed by atoms with Crippen molar-refractivity contribution in [3.05, 3.63) is 45.5 Å². The van der Waals surface area contributed by atoms with Gasteiger partial charge in [0.1, 0.15) is 11.5 Å². The maximum atomic E-state index is 12.1. The molecule has 2 aromatic rings. The maximum absolute atomic E-state index is 12.1. The second-order valence-electron chi connectivity index (χ2n) is 4.81. The molecule has 0 radical (unpaired) electrons. The highest BCUT2D eigenvalue weighted by Gasteiger charge is 2.18. The summed E-state index contributed by atoms with van der Waals surface area (Å²) in [6.45, 7) is 5.38. The van der Waals surface area contributed by atoms with Crippen LogP contribution >= 0.6 is 11.3 Å². The van der Waals surface area contributed by atoms with Crippen LogP contribution in [0.25, 0.3) is 0 Å². The molecule has 4 nitrogen and oxygen atoms in total. The number of nitrogens with one attached hydrogen (secondary N) is 1. The number of Topliss-reactive ketones (excluding diaryl/α,β-unsaturated/α-hetero) is 1. The van der Waals surface area contributed by atoms with Crippen molar-refractivity contribution in [1.82, 2.24) is 5.32 Å². The summed E-state index contributed by atoms with van der Waals surface area (Å²) in [6, 6.07) is 5.13. The van der Waals surface area contributed by atoms with E-state index in [-0.39, 0.29) is 17.7 Å². The lowest BCUT2D eigenvalue weighted by Crippen LogP contribution is -2.34. The molecule has 0 aliphatic carbocycles. The molecule has 1 atom stereocenters. The van der Waals surface area contributed by atoms with Crippen LogP contribution in [0.1, 0.15) is 44.9 Å². The molecule has 2 aromatic heterocycles. The smallest absolute Gasteiger partial charge is 0.255 e. The van der Waals surface area contributed by atoms with E-state index in [0.717, 1.165) is 4.88 Å². The van der Waals surface area contributed by atoms with Crippen LogP contribution in [0.3, 0.4) is 0 Å². The molecule has 0 bridgehead atoms. The number of aryl methyl sites for hydroxylation is 2. The number of carbonyl (C=O) groups excluding carboxylic acids is 2. The zero-order valence-corrected chi connectivity index (χ0v) is 12.5. The van der Waals surface area contributed by atoms with E-state index in [1.807, 2.05) is 18.4 Å². The van der Waals surface area contributed by atoms with Gasteiger partial charge in [0.05, 0.1) is 10.4 Å². The molecule has 0 aromatic carbocycles. The van der Waals surface area contributed by atoms with E-state index >= 15 is 0 Å². The largest absolute Gasteiger partial charge is 0.466 e. The van der Waals surface area contributed by atoms with Crippen LogP contribution in [0.5, 0.6) is 0 Å². The summed E-state index contributed by atoms with van der Waals surface area (Å²) in [5.41, 5.74) is 0.526. The van der Waals surface area contributed by atoms with Crippen molar-refractivity contribution in [2.45, 2.75) is 33.2 Å². The third-order valence-electron chi connectivity index (χ3n) is 2.95. The van der Waals surface area contributed by atoms with Gasteiger partial charge in [0, 0.05) is 12.5 Å². The molecule has 1 unspecified atom stereocenters. The first-order valence-corrected chi connectivity index (χ1v) is 7.30. The van der Waals surface area contributed by atoms with E-state index in [1.54, 1.807) is 26.0 Å². The van der Waals surface area contributed by atoms with Gasteiger partial charge >= 0.3 is 0 Å². The second-order valence-corrected chi connectivity index (χ2v) is 5.75. The third kappa shape index (κ3) is 3.36. The minimum atomic E-state index is -0.216. The van der Waals surface area contributed by atoms with Gasteiger partial charge in [-0.15, -0.1) is 11.3 Å². The highest BCUT2D eigenvalue weighted by Crippen LogP contribution is 2.15. The van der Waals surface area contributed by atoms with Gasteiger partial charge in [0.25, 0.3) is 5.91 Å². The topological polar surface area (TPSA) is 59.3 Å². The Morgan fingerprint density at radius 2 is 2.15 bits per heavy atom. The Hall–Kier alpha value is -1.88. The molecule has 2 rings (SSSR count). The third-order valence-corrected chi connectivity index (χ3v) is 3.86. The Balaban J connectivity index is 1.94. The number of carbonyl (C=O) groups is 2. The first-order chi connectivity index (χ1) is 9.47. The summed E-state index contributed by atoms with van der Waals surface area (Å²) in [5.74, 6) is 1.14. The van der Waals surface area contributed by atoms with Gasteiger partial charge in [-0.25, -0.2) is 0 Å². The Morgan fingerprint density at radius 1 is 1.40 bits per heavy atom. The van der Waals surface area contributed by atoms with Gasteiger partial charge in [-0.3, -0.25) is 9.59 Å². The first kappa shape index (κ1) is 14.5. The predicted octanol–water partition coefficient (Wildman–Crippen LogP) is 3.35. The van der Waals surface area contributed by atoms with Crippen molar-refractivity contribution < 1.29 is 14.0 Å². The van der Waals surface area contributed by atoms with Gasteiger partial charge in [-0.1, -0.05) is 6.07 Å². The van der Waals surface area contributed by atoms with E-state index in [9.17, 15) is 9.59 Å². The predicted molar refractivity (Wildman–Crippen MR) is 78.4 cm³/mol. The van der Waals surface area contributed by atoms with Crippen molar-refractivity contribution >= 4 is 23.0 Å². The van der Waals surface area contributed by atoms with E-state index in [0.29, 0.717) is 23.5 Å². The highest BCUT2D eigenvalue weighted by atomic mass is 32.1. The van der Waals surface area contributed by atoms with Crippen molar-refractivity contribution in [3.8, 4) is 0 Å². The number of hydrogen-bond acceptors (Lipinski definition) is 4. The molecule has 0 aliphatic heterocycles. The van der Waals surface area contributed by atoms with Crippen molar-refractivity contribution in [1.29, 1.82) is 0 Å². The van der Waals surface area contributed by atoms with Gasteiger partial charge in [0.15, 0.2) is 5.78 Å². The Bertz CT molecular complexity index is 613. The maximum Gasteiger partial charge on any atom is 0.255 e. The molecule has 106 valence electrons. The fraction of sp³-hybridized carbons (Fsp3) is 0.333. The van der Waals surface area contributed by atoms with Gasteiger partial charge in [-0.05, 0) is 38.3 Å². The lowest BCUT2D eigenvalue weighted by molar-refractivity contribution is 0.0918. The number of amides is 1. The zero-order valence-electron chi connectivity index (χ0n) is 11.7. The number of rotatable bonds is 5. The van der Waals surface area contributed by atoms with Crippen LogP contribution in [0.15, 0.2) is 28.0 Å². The number of furan rings is 1. The summed E-state index contributed by atoms with van der Waals surface area (Å²) < 4.78 is 5.33. The number of hydrogen-bond donors (Lipinski definition) is 1. The van der Waals surface area contributed by atoms with Gasteiger partial charge in [0.2, 0.25) is 0 Å². The molecule has 0 saturated heterocycles. The van der Waals surface area contributed by atoms with E-state index in [4.69, 9.17) is 4.42 Å². The lowest BCUT2D eigenvalue weighted by Gasteiger charge is -2.12. The molecule has 5 heteroatoms. The summed E-state index contributed by atoms with van der Waals surface area (Å²) in [7, 11) is 0. The number of ketones is 1. The average molecular weight is 291 g/mol. The SMILES string of the molecule is Cc1cc(C(=O)NC(C)CC(=O)c2cccs2)c(C)o1. The van der Waals surface area contributed by atoms with Crippen LogP contribution < -0.4 is 5.32 Å². The van der Waals surface area contributed by atoms with E-state index in [1.165, 1.54) is 11.3 Å². The van der Waals surface area contributed by atoms with Crippen LogP contribution in [0.4, 0.5) is 0 Å². The molecular weight excluding hydrogens is 274 g/mol. The quantitative estimate of drug-likeness (QED) is 0.859. The number of thiophene rings is 1. The average Bonchev–Trinajstić information content (AvgIpc) is 2.98. The monoisotopic (exact) mass is 291 g/mol. The molecule has 0 saturated carbocycles. The fourth-order valence-corrected chi connectivity index (χ4v) is 2.70. The Labute approximate surface area is 121 Å². The standard InChI is InChI=1S/C15H17NO3S/c1-9(7-13(17)14-5-4-6-20-14)16-15(18)12-8-10(2)19-11(12)3/h4-6,8-9H,7H2,1-3H3,(H,16,18). The molecule has 0 fully saturated rings. The molecule has 2 heterocycles. The molecule has 0 spiro atoms. The fourth-order valence-electron chi connectivity index (χ4n) is 2.02. The highest BCUT2D eigenvalue weighted by molar-refractivity contribution is 7.12. The zero-order chi connectivity index (χ0) is 14.7. The molecule has 0 aliphatic rings. The minimum Gasteiger partial charge on any atom is -0.466 e. The molecule has 1 amide bonds. The molecule has 20 heavy (non-hydrogen) atoms. The molecular formula is C15H17NO3S.